The first-order chi connectivity index (χ1) is 4.27. The van der Waals surface area contributed by atoms with Crippen LogP contribution in [0.15, 0.2) is 0 Å². The topological polar surface area (TPSA) is 37.3 Å². The van der Waals surface area contributed by atoms with Crippen LogP contribution in [-0.2, 0) is 4.79 Å². The Bertz CT molecular complexity index is 83.7. The van der Waals surface area contributed by atoms with E-state index in [2.05, 4.69) is 6.92 Å². The van der Waals surface area contributed by atoms with Crippen LogP contribution in [0.4, 0.5) is 0 Å². The second-order valence-corrected chi connectivity index (χ2v) is 2.20. The van der Waals surface area contributed by atoms with Crippen LogP contribution >= 0.6 is 0 Å². The van der Waals surface area contributed by atoms with Gasteiger partial charge in [0.1, 0.15) is 0 Å². The van der Waals surface area contributed by atoms with E-state index in [-0.39, 0.29) is 45.5 Å². The number of hydrogen-bond donors (Lipinski definition) is 1. The Labute approximate surface area is 99.3 Å². The van der Waals surface area contributed by atoms with Crippen molar-refractivity contribution >= 4 is 51.5 Å². The van der Waals surface area contributed by atoms with E-state index < -0.39 is 5.97 Å². The molecular weight excluding hydrogens is 204 g/mol. The van der Waals surface area contributed by atoms with Crippen molar-refractivity contribution in [1.82, 2.24) is 0 Å². The first kappa shape index (κ1) is 13.5. The summed E-state index contributed by atoms with van der Waals surface area (Å²) in [5.74, 6) is -0.675. The molecule has 0 fully saturated rings. The van der Waals surface area contributed by atoms with E-state index in [0.29, 0.717) is 6.42 Å². The van der Waals surface area contributed by atoms with Crippen LogP contribution in [0.25, 0.3) is 0 Å². The molecule has 2 radical (unpaired) electrons. The molecule has 0 heterocycles. The predicted molar refractivity (Wildman–Crippen MR) is 42.1 cm³/mol. The van der Waals surface area contributed by atoms with Crippen molar-refractivity contribution in [2.24, 2.45) is 0 Å². The number of carboxylic acid groups (broad SMARTS) is 1. The van der Waals surface area contributed by atoms with Gasteiger partial charge in [0.2, 0.25) is 0 Å². The van der Waals surface area contributed by atoms with Crippen LogP contribution in [-0.4, -0.2) is 56.6 Å². The van der Waals surface area contributed by atoms with Crippen molar-refractivity contribution in [1.29, 1.82) is 0 Å². The van der Waals surface area contributed by atoms with E-state index in [0.717, 1.165) is 19.3 Å². The van der Waals surface area contributed by atoms with Crippen LogP contribution in [0.3, 0.4) is 0 Å². The summed E-state index contributed by atoms with van der Waals surface area (Å²) in [7, 11) is 0. The first-order valence-corrected chi connectivity index (χ1v) is 3.49. The number of hydrogen-bond acceptors (Lipinski definition) is 1. The normalized spacial score (nSPS) is 8.50. The minimum Gasteiger partial charge on any atom is -0.481 e. The maximum Gasteiger partial charge on any atom is 0.303 e. The van der Waals surface area contributed by atoms with E-state index in [4.69, 9.17) is 5.11 Å². The quantitative estimate of drug-likeness (QED) is 0.562. The van der Waals surface area contributed by atoms with Gasteiger partial charge in [-0.05, 0) is 6.42 Å². The van der Waals surface area contributed by atoms with E-state index in [1.807, 2.05) is 0 Å². The van der Waals surface area contributed by atoms with Gasteiger partial charge in [-0.25, -0.2) is 0 Å². The van der Waals surface area contributed by atoms with Crippen LogP contribution in [0, 0.1) is 0 Å². The molecule has 0 spiro atoms. The molecule has 0 saturated heterocycles. The zero-order chi connectivity index (χ0) is 7.11. The maximum absolute atomic E-state index is 9.96. The number of rotatable bonds is 5. The summed E-state index contributed by atoms with van der Waals surface area (Å²) in [5, 5.41) is 8.21. The van der Waals surface area contributed by atoms with Crippen molar-refractivity contribution in [2.75, 3.05) is 0 Å². The molecule has 0 atom stereocenters. The summed E-state index contributed by atoms with van der Waals surface area (Å²) in [5.41, 5.74) is 0. The Morgan fingerprint density at radius 2 is 1.90 bits per heavy atom. The van der Waals surface area contributed by atoms with Crippen LogP contribution in [0.5, 0.6) is 0 Å². The molecule has 0 aromatic carbocycles. The summed E-state index contributed by atoms with van der Waals surface area (Å²) in [6, 6.07) is 0. The minimum atomic E-state index is -0.675. The van der Waals surface area contributed by atoms with Gasteiger partial charge in [0.15, 0.2) is 0 Å². The van der Waals surface area contributed by atoms with Gasteiger partial charge in [-0.1, -0.05) is 26.2 Å². The SMILES string of the molecule is CCCCCCC(=O)O.[Sr]. The average Bonchev–Trinajstić information content (AvgIpc) is 1.80. The van der Waals surface area contributed by atoms with E-state index >= 15 is 0 Å². The van der Waals surface area contributed by atoms with Crippen molar-refractivity contribution in [3.8, 4) is 0 Å². The summed E-state index contributed by atoms with van der Waals surface area (Å²) in [4.78, 5) is 9.96. The van der Waals surface area contributed by atoms with E-state index in [9.17, 15) is 4.79 Å². The van der Waals surface area contributed by atoms with Gasteiger partial charge in [0, 0.05) is 51.9 Å². The third-order valence-electron chi connectivity index (χ3n) is 1.24. The molecule has 10 heavy (non-hydrogen) atoms. The fourth-order valence-corrected chi connectivity index (χ4v) is 0.703. The van der Waals surface area contributed by atoms with Crippen molar-refractivity contribution in [3.63, 3.8) is 0 Å². The molecule has 0 aliphatic rings. The molecule has 0 aliphatic heterocycles. The summed E-state index contributed by atoms with van der Waals surface area (Å²) in [6.45, 7) is 2.11. The summed E-state index contributed by atoms with van der Waals surface area (Å²) >= 11 is 0. The smallest absolute Gasteiger partial charge is 0.303 e. The molecule has 0 aliphatic carbocycles. The van der Waals surface area contributed by atoms with E-state index in [1.54, 1.807) is 0 Å². The predicted octanol–water partition coefficient (Wildman–Crippen LogP) is 1.66. The van der Waals surface area contributed by atoms with Crippen molar-refractivity contribution in [3.05, 3.63) is 0 Å². The summed E-state index contributed by atoms with van der Waals surface area (Å²) in [6.07, 6.45) is 4.55. The molecule has 56 valence electrons. The molecule has 0 amide bonds. The van der Waals surface area contributed by atoms with Crippen molar-refractivity contribution < 1.29 is 9.90 Å². The number of unbranched alkanes of at least 4 members (excludes halogenated alkanes) is 3. The number of aliphatic carboxylic acids is 1. The Morgan fingerprint density at radius 3 is 2.30 bits per heavy atom. The second kappa shape index (κ2) is 9.95. The fraction of sp³-hybridized carbons (Fsp3) is 0.857. The largest absolute Gasteiger partial charge is 0.481 e. The molecular formula is C7H14O2Sr. The minimum absolute atomic E-state index is 0. The van der Waals surface area contributed by atoms with Gasteiger partial charge in [-0.3, -0.25) is 4.79 Å². The molecule has 0 rings (SSSR count). The number of carboxylic acids is 1. The Morgan fingerprint density at radius 1 is 1.30 bits per heavy atom. The fourth-order valence-electron chi connectivity index (χ4n) is 0.703. The van der Waals surface area contributed by atoms with Crippen LogP contribution < -0.4 is 0 Å². The molecule has 0 aromatic heterocycles. The monoisotopic (exact) mass is 218 g/mol. The zero-order valence-electron chi connectivity index (χ0n) is 6.60. The molecule has 0 aromatic rings. The standard InChI is InChI=1S/C7H14O2.Sr/c1-2-3-4-5-6-7(8)9;/h2-6H2,1H3,(H,8,9);. The van der Waals surface area contributed by atoms with Crippen LogP contribution in [0.2, 0.25) is 0 Å². The third-order valence-corrected chi connectivity index (χ3v) is 1.24. The van der Waals surface area contributed by atoms with Crippen molar-refractivity contribution in [2.45, 2.75) is 39.0 Å². The van der Waals surface area contributed by atoms with Gasteiger partial charge < -0.3 is 5.11 Å². The Balaban J connectivity index is 0. The average molecular weight is 218 g/mol. The molecule has 0 bridgehead atoms. The Kier molecular flexibility index (Phi) is 13.5. The zero-order valence-corrected chi connectivity index (χ0v) is 10.1. The molecule has 0 unspecified atom stereocenters. The van der Waals surface area contributed by atoms with Gasteiger partial charge in [-0.2, -0.15) is 0 Å². The second-order valence-electron chi connectivity index (χ2n) is 2.20. The van der Waals surface area contributed by atoms with Gasteiger partial charge in [0.05, 0.1) is 0 Å². The van der Waals surface area contributed by atoms with E-state index in [1.165, 1.54) is 6.42 Å². The molecule has 3 heteroatoms. The maximum atomic E-state index is 9.96. The van der Waals surface area contributed by atoms with Gasteiger partial charge in [0.25, 0.3) is 0 Å². The molecule has 1 N–H and O–H groups in total. The molecule has 2 nitrogen and oxygen atoms in total. The summed E-state index contributed by atoms with van der Waals surface area (Å²) < 4.78 is 0. The third kappa shape index (κ3) is 11.7. The first-order valence-electron chi connectivity index (χ1n) is 3.49. The number of carbonyl (C=O) groups is 1. The Hall–Kier alpha value is 0.951. The molecule has 0 saturated carbocycles. The van der Waals surface area contributed by atoms with Gasteiger partial charge >= 0.3 is 5.97 Å². The van der Waals surface area contributed by atoms with Gasteiger partial charge in [-0.15, -0.1) is 0 Å². The van der Waals surface area contributed by atoms with Crippen LogP contribution in [0.1, 0.15) is 39.0 Å².